The second kappa shape index (κ2) is 5.17. The number of aryl methyl sites for hydroxylation is 2. The molecule has 0 saturated heterocycles. The van der Waals surface area contributed by atoms with Gasteiger partial charge in [-0.3, -0.25) is 0 Å². The highest BCUT2D eigenvalue weighted by Crippen LogP contribution is 2.24. The van der Waals surface area contributed by atoms with Crippen molar-refractivity contribution in [3.8, 4) is 22.4 Å². The average Bonchev–Trinajstić information content (AvgIpc) is 2.48. The van der Waals surface area contributed by atoms with Crippen molar-refractivity contribution in [2.75, 3.05) is 0 Å². The van der Waals surface area contributed by atoms with Crippen LogP contribution in [0.25, 0.3) is 22.4 Å². The first-order valence-corrected chi connectivity index (χ1v) is 6.41. The summed E-state index contributed by atoms with van der Waals surface area (Å²) in [6, 6.07) is 10.1. The Hall–Kier alpha value is -2.62. The first-order valence-electron chi connectivity index (χ1n) is 6.41. The summed E-state index contributed by atoms with van der Waals surface area (Å²) in [5, 5.41) is 0. The molecule has 2 aromatic heterocycles. The van der Waals surface area contributed by atoms with Gasteiger partial charge in [0.05, 0.1) is 5.69 Å². The Labute approximate surface area is 117 Å². The fraction of sp³-hybridized carbons (Fsp3) is 0.125. The molecule has 4 heteroatoms. The zero-order chi connectivity index (χ0) is 13.9. The van der Waals surface area contributed by atoms with Crippen LogP contribution in [0.4, 0.5) is 0 Å². The smallest absolute Gasteiger partial charge is 0.125 e. The molecule has 0 saturated carbocycles. The largest absolute Gasteiger partial charge is 0.242 e. The Kier molecular flexibility index (Phi) is 3.21. The minimum Gasteiger partial charge on any atom is -0.242 e. The van der Waals surface area contributed by atoms with Crippen LogP contribution in [0.1, 0.15) is 11.6 Å². The molecule has 0 bridgehead atoms. The standard InChI is InChI=1S/C16H14N4/c1-11-18-9-15(10-19-11)13-4-3-5-14(8-13)16-6-7-17-12(2)20-16/h3-10H,1-2H3. The maximum atomic E-state index is 4.45. The fourth-order valence-corrected chi connectivity index (χ4v) is 2.02. The third-order valence-electron chi connectivity index (χ3n) is 3.05. The molecule has 0 aliphatic carbocycles. The summed E-state index contributed by atoms with van der Waals surface area (Å²) >= 11 is 0. The summed E-state index contributed by atoms with van der Waals surface area (Å²) in [7, 11) is 0. The van der Waals surface area contributed by atoms with Crippen LogP contribution < -0.4 is 0 Å². The Morgan fingerprint density at radius 1 is 0.750 bits per heavy atom. The van der Waals surface area contributed by atoms with Crippen molar-refractivity contribution in [1.82, 2.24) is 19.9 Å². The molecule has 0 aliphatic heterocycles. The van der Waals surface area contributed by atoms with E-state index in [-0.39, 0.29) is 0 Å². The van der Waals surface area contributed by atoms with Gasteiger partial charge < -0.3 is 0 Å². The molecule has 0 atom stereocenters. The molecule has 3 rings (SSSR count). The lowest BCUT2D eigenvalue weighted by Crippen LogP contribution is -1.91. The van der Waals surface area contributed by atoms with E-state index in [1.807, 2.05) is 50.5 Å². The van der Waals surface area contributed by atoms with E-state index < -0.39 is 0 Å². The minimum absolute atomic E-state index is 0.770. The van der Waals surface area contributed by atoms with Crippen LogP contribution in [-0.4, -0.2) is 19.9 Å². The lowest BCUT2D eigenvalue weighted by molar-refractivity contribution is 1.05. The van der Waals surface area contributed by atoms with Gasteiger partial charge in [-0.2, -0.15) is 0 Å². The molecule has 0 spiro atoms. The molecule has 2 heterocycles. The molecule has 0 aliphatic rings. The molecule has 20 heavy (non-hydrogen) atoms. The zero-order valence-corrected chi connectivity index (χ0v) is 11.4. The van der Waals surface area contributed by atoms with E-state index in [4.69, 9.17) is 0 Å². The summed E-state index contributed by atoms with van der Waals surface area (Å²) in [6.07, 6.45) is 5.46. The molecular weight excluding hydrogens is 248 g/mol. The monoisotopic (exact) mass is 262 g/mol. The lowest BCUT2D eigenvalue weighted by atomic mass is 10.0. The highest BCUT2D eigenvalue weighted by molar-refractivity contribution is 5.70. The fourth-order valence-electron chi connectivity index (χ4n) is 2.02. The molecule has 0 radical (unpaired) electrons. The first kappa shape index (κ1) is 12.4. The average molecular weight is 262 g/mol. The van der Waals surface area contributed by atoms with Gasteiger partial charge in [0.25, 0.3) is 0 Å². The van der Waals surface area contributed by atoms with E-state index in [2.05, 4.69) is 26.0 Å². The summed E-state index contributed by atoms with van der Waals surface area (Å²) < 4.78 is 0. The third kappa shape index (κ3) is 2.54. The highest BCUT2D eigenvalue weighted by atomic mass is 14.9. The Bertz CT molecular complexity index is 735. The normalized spacial score (nSPS) is 10.5. The summed E-state index contributed by atoms with van der Waals surface area (Å²) in [5.74, 6) is 1.54. The van der Waals surface area contributed by atoms with Crippen molar-refractivity contribution in [3.63, 3.8) is 0 Å². The molecule has 0 N–H and O–H groups in total. The number of hydrogen-bond donors (Lipinski definition) is 0. The number of nitrogens with zero attached hydrogens (tertiary/aromatic N) is 4. The van der Waals surface area contributed by atoms with Crippen molar-refractivity contribution >= 4 is 0 Å². The summed E-state index contributed by atoms with van der Waals surface area (Å²) in [6.45, 7) is 3.77. The van der Waals surface area contributed by atoms with Crippen LogP contribution in [0, 0.1) is 13.8 Å². The Balaban J connectivity index is 2.03. The van der Waals surface area contributed by atoms with Gasteiger partial charge in [0, 0.05) is 29.7 Å². The van der Waals surface area contributed by atoms with Crippen LogP contribution in [0.2, 0.25) is 0 Å². The van der Waals surface area contributed by atoms with Gasteiger partial charge in [0.2, 0.25) is 0 Å². The topological polar surface area (TPSA) is 51.6 Å². The third-order valence-corrected chi connectivity index (χ3v) is 3.05. The molecule has 0 unspecified atom stereocenters. The van der Waals surface area contributed by atoms with E-state index in [0.29, 0.717) is 0 Å². The molecular formula is C16H14N4. The number of aromatic nitrogens is 4. The van der Waals surface area contributed by atoms with Crippen LogP contribution in [0.15, 0.2) is 48.9 Å². The van der Waals surface area contributed by atoms with E-state index in [1.165, 1.54) is 0 Å². The van der Waals surface area contributed by atoms with Crippen molar-refractivity contribution in [2.24, 2.45) is 0 Å². The number of hydrogen-bond acceptors (Lipinski definition) is 4. The maximum Gasteiger partial charge on any atom is 0.125 e. The van der Waals surface area contributed by atoms with E-state index in [1.54, 1.807) is 6.20 Å². The van der Waals surface area contributed by atoms with Gasteiger partial charge in [-0.25, -0.2) is 19.9 Å². The molecule has 3 aromatic rings. The van der Waals surface area contributed by atoms with Crippen molar-refractivity contribution in [3.05, 3.63) is 60.6 Å². The minimum atomic E-state index is 0.770. The van der Waals surface area contributed by atoms with Gasteiger partial charge in [-0.1, -0.05) is 18.2 Å². The van der Waals surface area contributed by atoms with E-state index in [0.717, 1.165) is 34.0 Å². The second-order valence-electron chi connectivity index (χ2n) is 4.59. The van der Waals surface area contributed by atoms with Crippen molar-refractivity contribution < 1.29 is 0 Å². The van der Waals surface area contributed by atoms with Gasteiger partial charge in [0.15, 0.2) is 0 Å². The van der Waals surface area contributed by atoms with Gasteiger partial charge in [-0.05, 0) is 31.5 Å². The number of benzene rings is 1. The van der Waals surface area contributed by atoms with Crippen LogP contribution in [0.5, 0.6) is 0 Å². The van der Waals surface area contributed by atoms with Crippen LogP contribution >= 0.6 is 0 Å². The predicted molar refractivity (Wildman–Crippen MR) is 78.0 cm³/mol. The van der Waals surface area contributed by atoms with E-state index >= 15 is 0 Å². The van der Waals surface area contributed by atoms with Gasteiger partial charge >= 0.3 is 0 Å². The molecule has 1 aromatic carbocycles. The van der Waals surface area contributed by atoms with Crippen molar-refractivity contribution in [2.45, 2.75) is 13.8 Å². The Morgan fingerprint density at radius 3 is 2.25 bits per heavy atom. The second-order valence-corrected chi connectivity index (χ2v) is 4.59. The SMILES string of the molecule is Cc1ncc(-c2cccc(-c3ccnc(C)n3)c2)cn1. The predicted octanol–water partition coefficient (Wildman–Crippen LogP) is 3.22. The van der Waals surface area contributed by atoms with E-state index in [9.17, 15) is 0 Å². The molecule has 98 valence electrons. The quantitative estimate of drug-likeness (QED) is 0.711. The van der Waals surface area contributed by atoms with Gasteiger partial charge in [-0.15, -0.1) is 0 Å². The van der Waals surface area contributed by atoms with Crippen LogP contribution in [-0.2, 0) is 0 Å². The molecule has 0 fully saturated rings. The summed E-state index contributed by atoms with van der Waals surface area (Å²) in [4.78, 5) is 17.0. The summed E-state index contributed by atoms with van der Waals surface area (Å²) in [5.41, 5.74) is 4.07. The van der Waals surface area contributed by atoms with Crippen molar-refractivity contribution in [1.29, 1.82) is 0 Å². The van der Waals surface area contributed by atoms with Gasteiger partial charge in [0.1, 0.15) is 11.6 Å². The highest BCUT2D eigenvalue weighted by Gasteiger charge is 2.04. The maximum absolute atomic E-state index is 4.45. The lowest BCUT2D eigenvalue weighted by Gasteiger charge is -2.05. The zero-order valence-electron chi connectivity index (χ0n) is 11.4. The molecule has 0 amide bonds. The number of rotatable bonds is 2. The first-order chi connectivity index (χ1) is 9.72. The Morgan fingerprint density at radius 2 is 1.50 bits per heavy atom. The van der Waals surface area contributed by atoms with Crippen LogP contribution in [0.3, 0.4) is 0 Å². The molecule has 4 nitrogen and oxygen atoms in total.